The van der Waals surface area contributed by atoms with Gasteiger partial charge in [-0.25, -0.2) is 0 Å². The van der Waals surface area contributed by atoms with Crippen molar-refractivity contribution in [1.82, 2.24) is 0 Å². The molecule has 2 N–H and O–H groups in total. The second-order valence-corrected chi connectivity index (χ2v) is 6.11. The molecule has 0 radical (unpaired) electrons. The van der Waals surface area contributed by atoms with E-state index in [1.54, 1.807) is 36.4 Å². The van der Waals surface area contributed by atoms with Crippen molar-refractivity contribution < 1.29 is 9.59 Å². The van der Waals surface area contributed by atoms with Gasteiger partial charge in [-0.3, -0.25) is 9.59 Å². The fourth-order valence-corrected chi connectivity index (χ4v) is 2.98. The summed E-state index contributed by atoms with van der Waals surface area (Å²) in [6, 6.07) is 12.3. The Kier molecular flexibility index (Phi) is 5.14. The maximum Gasteiger partial charge on any atom is 0.256 e. The van der Waals surface area contributed by atoms with E-state index in [0.29, 0.717) is 21.4 Å². The Morgan fingerprint density at radius 2 is 1.62 bits per heavy atom. The van der Waals surface area contributed by atoms with Gasteiger partial charge in [-0.05, 0) is 52.3 Å². The maximum absolute atomic E-state index is 12.2. The summed E-state index contributed by atoms with van der Waals surface area (Å²) in [4.78, 5) is 23.3. The lowest BCUT2D eigenvalue weighted by atomic mass is 10.2. The smallest absolute Gasteiger partial charge is 0.256 e. The van der Waals surface area contributed by atoms with Crippen LogP contribution in [-0.4, -0.2) is 11.8 Å². The van der Waals surface area contributed by atoms with Crippen LogP contribution in [0.1, 0.15) is 17.3 Å². The van der Waals surface area contributed by atoms with Crippen molar-refractivity contribution in [2.75, 3.05) is 10.6 Å². The number of hydrogen-bond donors (Lipinski definition) is 2. The molecule has 0 atom stereocenters. The fourth-order valence-electron chi connectivity index (χ4n) is 1.75. The fraction of sp³-hybridized carbons (Fsp3) is 0.0667. The van der Waals surface area contributed by atoms with Crippen LogP contribution in [-0.2, 0) is 4.79 Å². The predicted molar refractivity (Wildman–Crippen MR) is 90.5 cm³/mol. The summed E-state index contributed by atoms with van der Waals surface area (Å²) in [7, 11) is 0. The molecule has 21 heavy (non-hydrogen) atoms. The summed E-state index contributed by atoms with van der Waals surface area (Å²) in [5, 5.41) is 5.47. The molecule has 0 saturated heterocycles. The number of carbonyl (C=O) groups excluding carboxylic acids is 2. The minimum atomic E-state index is -0.227. The molecule has 2 rings (SSSR count). The number of anilines is 2. The van der Waals surface area contributed by atoms with Gasteiger partial charge in [0.15, 0.2) is 0 Å². The standard InChI is InChI=1S/C15H12Br2N2O2/c1-9(20)18-11-3-2-4-12(8-11)19-15(21)13-6-5-10(16)7-14(13)17/h2-8H,1H3,(H,18,20)(H,19,21). The third kappa shape index (κ3) is 4.41. The Bertz CT molecular complexity index is 702. The summed E-state index contributed by atoms with van der Waals surface area (Å²) >= 11 is 6.70. The molecular weight excluding hydrogens is 400 g/mol. The summed E-state index contributed by atoms with van der Waals surface area (Å²) in [5.41, 5.74) is 1.78. The number of carbonyl (C=O) groups is 2. The minimum Gasteiger partial charge on any atom is -0.326 e. The second kappa shape index (κ2) is 6.87. The molecule has 0 spiro atoms. The summed E-state index contributed by atoms with van der Waals surface area (Å²) in [6.07, 6.45) is 0. The molecule has 0 bridgehead atoms. The largest absolute Gasteiger partial charge is 0.326 e. The van der Waals surface area contributed by atoms with Crippen LogP contribution in [0.15, 0.2) is 51.4 Å². The zero-order valence-corrected chi connectivity index (χ0v) is 14.3. The van der Waals surface area contributed by atoms with Crippen LogP contribution in [0.3, 0.4) is 0 Å². The van der Waals surface area contributed by atoms with Gasteiger partial charge >= 0.3 is 0 Å². The van der Waals surface area contributed by atoms with Gasteiger partial charge in [0, 0.05) is 27.2 Å². The zero-order chi connectivity index (χ0) is 15.4. The van der Waals surface area contributed by atoms with E-state index in [1.165, 1.54) is 6.92 Å². The molecule has 0 aromatic heterocycles. The molecule has 2 amide bonds. The Labute approximate surface area is 139 Å². The van der Waals surface area contributed by atoms with E-state index >= 15 is 0 Å². The third-order valence-corrected chi connectivity index (χ3v) is 3.77. The minimum absolute atomic E-state index is 0.158. The molecule has 0 fully saturated rings. The molecule has 2 aromatic rings. The molecule has 6 heteroatoms. The molecule has 2 aromatic carbocycles. The van der Waals surface area contributed by atoms with Crippen LogP contribution < -0.4 is 10.6 Å². The van der Waals surface area contributed by atoms with Crippen LogP contribution >= 0.6 is 31.9 Å². The van der Waals surface area contributed by atoms with Crippen LogP contribution in [0.2, 0.25) is 0 Å². The number of amides is 2. The Morgan fingerprint density at radius 1 is 0.952 bits per heavy atom. The highest BCUT2D eigenvalue weighted by atomic mass is 79.9. The average Bonchev–Trinajstić information content (AvgIpc) is 2.37. The van der Waals surface area contributed by atoms with Gasteiger partial charge < -0.3 is 10.6 Å². The van der Waals surface area contributed by atoms with E-state index in [9.17, 15) is 9.59 Å². The molecular formula is C15H12Br2N2O2. The molecule has 0 saturated carbocycles. The Balaban J connectivity index is 2.17. The average molecular weight is 412 g/mol. The lowest BCUT2D eigenvalue weighted by Gasteiger charge is -2.09. The quantitative estimate of drug-likeness (QED) is 0.785. The van der Waals surface area contributed by atoms with Gasteiger partial charge in [0.05, 0.1) is 5.56 Å². The summed E-state index contributed by atoms with van der Waals surface area (Å²) < 4.78 is 1.59. The lowest BCUT2D eigenvalue weighted by Crippen LogP contribution is -2.13. The first kappa shape index (κ1) is 15.7. The monoisotopic (exact) mass is 410 g/mol. The highest BCUT2D eigenvalue weighted by molar-refractivity contribution is 9.11. The van der Waals surface area contributed by atoms with Crippen molar-refractivity contribution in [3.05, 3.63) is 57.0 Å². The predicted octanol–water partition coefficient (Wildman–Crippen LogP) is 4.42. The first-order valence-electron chi connectivity index (χ1n) is 6.10. The number of halogens is 2. The highest BCUT2D eigenvalue weighted by Gasteiger charge is 2.10. The molecule has 0 aliphatic heterocycles. The van der Waals surface area contributed by atoms with Crippen molar-refractivity contribution >= 4 is 55.0 Å². The van der Waals surface area contributed by atoms with Gasteiger partial charge in [-0.1, -0.05) is 22.0 Å². The van der Waals surface area contributed by atoms with E-state index in [4.69, 9.17) is 0 Å². The first-order valence-corrected chi connectivity index (χ1v) is 7.68. The molecule has 0 aliphatic rings. The molecule has 0 heterocycles. The van der Waals surface area contributed by atoms with Crippen molar-refractivity contribution in [3.8, 4) is 0 Å². The summed E-state index contributed by atoms with van der Waals surface area (Å²) in [5.74, 6) is -0.386. The number of rotatable bonds is 3. The molecule has 0 unspecified atom stereocenters. The van der Waals surface area contributed by atoms with Gasteiger partial charge in [-0.2, -0.15) is 0 Å². The number of hydrogen-bond acceptors (Lipinski definition) is 2. The molecule has 4 nitrogen and oxygen atoms in total. The first-order chi connectivity index (χ1) is 9.95. The van der Waals surface area contributed by atoms with E-state index < -0.39 is 0 Å². The van der Waals surface area contributed by atoms with Crippen molar-refractivity contribution in [2.24, 2.45) is 0 Å². The van der Waals surface area contributed by atoms with Crippen LogP contribution in [0.5, 0.6) is 0 Å². The highest BCUT2D eigenvalue weighted by Crippen LogP contribution is 2.23. The third-order valence-electron chi connectivity index (χ3n) is 2.62. The normalized spacial score (nSPS) is 10.0. The Morgan fingerprint density at radius 3 is 2.24 bits per heavy atom. The van der Waals surface area contributed by atoms with Gasteiger partial charge in [0.1, 0.15) is 0 Å². The van der Waals surface area contributed by atoms with E-state index in [-0.39, 0.29) is 11.8 Å². The van der Waals surface area contributed by atoms with Crippen LogP contribution in [0.4, 0.5) is 11.4 Å². The van der Waals surface area contributed by atoms with Crippen LogP contribution in [0, 0.1) is 0 Å². The lowest BCUT2D eigenvalue weighted by molar-refractivity contribution is -0.114. The van der Waals surface area contributed by atoms with E-state index in [1.807, 2.05) is 6.07 Å². The maximum atomic E-state index is 12.2. The zero-order valence-electron chi connectivity index (χ0n) is 11.1. The second-order valence-electron chi connectivity index (χ2n) is 4.34. The van der Waals surface area contributed by atoms with Gasteiger partial charge in [0.25, 0.3) is 5.91 Å². The Hall–Kier alpha value is -1.66. The number of nitrogens with one attached hydrogen (secondary N) is 2. The molecule has 108 valence electrons. The number of benzene rings is 2. The van der Waals surface area contributed by atoms with Gasteiger partial charge in [0.2, 0.25) is 5.91 Å². The summed E-state index contributed by atoms with van der Waals surface area (Å²) in [6.45, 7) is 1.43. The van der Waals surface area contributed by atoms with Gasteiger partial charge in [-0.15, -0.1) is 0 Å². The van der Waals surface area contributed by atoms with Crippen molar-refractivity contribution in [3.63, 3.8) is 0 Å². The van der Waals surface area contributed by atoms with Crippen LogP contribution in [0.25, 0.3) is 0 Å². The van der Waals surface area contributed by atoms with Crippen molar-refractivity contribution in [2.45, 2.75) is 6.92 Å². The topological polar surface area (TPSA) is 58.2 Å². The van der Waals surface area contributed by atoms with Crippen molar-refractivity contribution in [1.29, 1.82) is 0 Å². The molecule has 0 aliphatic carbocycles. The van der Waals surface area contributed by atoms with E-state index in [2.05, 4.69) is 42.5 Å². The van der Waals surface area contributed by atoms with E-state index in [0.717, 1.165) is 4.47 Å². The SMILES string of the molecule is CC(=O)Nc1cccc(NC(=O)c2ccc(Br)cc2Br)c1.